The van der Waals surface area contributed by atoms with E-state index in [0.29, 0.717) is 5.69 Å². The number of aliphatic hydroxyl groups is 2. The number of carbonyl (C=O) groups excluding carboxylic acids is 1. The third-order valence-electron chi connectivity index (χ3n) is 2.33. The van der Waals surface area contributed by atoms with Gasteiger partial charge in [0.1, 0.15) is 12.1 Å². The molecule has 0 aliphatic rings. The van der Waals surface area contributed by atoms with E-state index in [2.05, 4.69) is 5.32 Å². The summed E-state index contributed by atoms with van der Waals surface area (Å²) >= 11 is 0. The first-order chi connectivity index (χ1) is 8.34. The molecule has 1 amide bonds. The Bertz CT molecular complexity index is 481. The second-order valence-corrected chi connectivity index (χ2v) is 4.36. The van der Waals surface area contributed by atoms with Crippen LogP contribution in [-0.2, 0) is 11.3 Å². The van der Waals surface area contributed by atoms with Crippen LogP contribution in [0.3, 0.4) is 0 Å². The number of amides is 1. The monoisotopic (exact) mass is 255 g/mol. The number of hydrogen-bond acceptors (Lipinski definition) is 5. The summed E-state index contributed by atoms with van der Waals surface area (Å²) in [6.07, 6.45) is 1.37. The summed E-state index contributed by atoms with van der Waals surface area (Å²) in [4.78, 5) is 22.9. The van der Waals surface area contributed by atoms with Crippen LogP contribution in [0.5, 0.6) is 0 Å². The predicted octanol–water partition coefficient (Wildman–Crippen LogP) is -1.71. The minimum atomic E-state index is -1.38. The molecule has 0 bridgehead atoms. The molecule has 100 valence electrons. The van der Waals surface area contributed by atoms with Gasteiger partial charge in [-0.3, -0.25) is 9.59 Å². The minimum Gasteiger partial charge on any atom is -0.398 e. The number of pyridine rings is 1. The van der Waals surface area contributed by atoms with Gasteiger partial charge in [0, 0.05) is 24.5 Å². The summed E-state index contributed by atoms with van der Waals surface area (Å²) in [5.74, 6) is -0.448. The fourth-order valence-corrected chi connectivity index (χ4v) is 1.23. The van der Waals surface area contributed by atoms with Crippen LogP contribution in [0.25, 0.3) is 0 Å². The maximum Gasteiger partial charge on any atom is 0.251 e. The fourth-order valence-electron chi connectivity index (χ4n) is 1.23. The minimum absolute atomic E-state index is 0.0978. The first-order valence-corrected chi connectivity index (χ1v) is 5.40. The van der Waals surface area contributed by atoms with Gasteiger partial charge in [-0.1, -0.05) is 0 Å². The molecule has 0 spiro atoms. The van der Waals surface area contributed by atoms with Crippen LogP contribution in [0.1, 0.15) is 6.92 Å². The first kappa shape index (κ1) is 14.2. The van der Waals surface area contributed by atoms with Gasteiger partial charge in [-0.05, 0) is 13.0 Å². The molecule has 18 heavy (non-hydrogen) atoms. The molecular weight excluding hydrogens is 238 g/mol. The molecule has 1 rings (SSSR count). The molecule has 0 saturated heterocycles. The van der Waals surface area contributed by atoms with Crippen LogP contribution >= 0.6 is 0 Å². The zero-order valence-corrected chi connectivity index (χ0v) is 10.1. The zero-order chi connectivity index (χ0) is 13.8. The molecule has 0 fully saturated rings. The average Bonchev–Trinajstić information content (AvgIpc) is 2.31. The molecule has 0 radical (unpaired) electrons. The van der Waals surface area contributed by atoms with Crippen molar-refractivity contribution >= 4 is 11.6 Å². The van der Waals surface area contributed by atoms with Gasteiger partial charge in [-0.2, -0.15) is 0 Å². The summed E-state index contributed by atoms with van der Waals surface area (Å²) in [5.41, 5.74) is 4.16. The van der Waals surface area contributed by atoms with Gasteiger partial charge >= 0.3 is 0 Å². The molecule has 0 aromatic carbocycles. The van der Waals surface area contributed by atoms with Gasteiger partial charge in [0.15, 0.2) is 0 Å². The number of rotatable bonds is 5. The van der Waals surface area contributed by atoms with Crippen molar-refractivity contribution in [3.05, 3.63) is 28.7 Å². The number of nitrogens with two attached hydrogens (primary N) is 1. The maximum absolute atomic E-state index is 11.5. The molecule has 0 saturated carbocycles. The lowest BCUT2D eigenvalue weighted by atomic mass is 10.1. The second kappa shape index (κ2) is 5.65. The van der Waals surface area contributed by atoms with E-state index in [1.165, 1.54) is 29.8 Å². The number of nitrogen functional groups attached to an aromatic ring is 1. The standard InChI is InChI=1S/C11H17N3O4/c1-11(18,7-15)6-13-9(16)5-14-4-8(12)2-3-10(14)17/h2-4,15,18H,5-7,12H2,1H3,(H,13,16). The molecule has 7 heteroatoms. The Kier molecular flexibility index (Phi) is 4.46. The lowest BCUT2D eigenvalue weighted by molar-refractivity contribution is -0.123. The highest BCUT2D eigenvalue weighted by atomic mass is 16.3. The maximum atomic E-state index is 11.5. The van der Waals surface area contributed by atoms with E-state index in [-0.39, 0.29) is 18.6 Å². The van der Waals surface area contributed by atoms with Crippen molar-refractivity contribution in [2.75, 3.05) is 18.9 Å². The first-order valence-electron chi connectivity index (χ1n) is 5.40. The second-order valence-electron chi connectivity index (χ2n) is 4.36. The molecule has 1 unspecified atom stereocenters. The highest BCUT2D eigenvalue weighted by Gasteiger charge is 2.19. The van der Waals surface area contributed by atoms with Crippen LogP contribution in [-0.4, -0.2) is 39.4 Å². The summed E-state index contributed by atoms with van der Waals surface area (Å²) in [7, 11) is 0. The summed E-state index contributed by atoms with van der Waals surface area (Å²) in [6.45, 7) is 0.635. The van der Waals surface area contributed by atoms with Crippen LogP contribution in [0.15, 0.2) is 23.1 Å². The Morgan fingerprint density at radius 2 is 2.22 bits per heavy atom. The Hall–Kier alpha value is -1.86. The van der Waals surface area contributed by atoms with Crippen LogP contribution < -0.4 is 16.6 Å². The molecule has 0 aliphatic heterocycles. The quantitative estimate of drug-likeness (QED) is 0.500. The number of hydrogen-bond donors (Lipinski definition) is 4. The smallest absolute Gasteiger partial charge is 0.251 e. The van der Waals surface area contributed by atoms with E-state index in [1.807, 2.05) is 0 Å². The van der Waals surface area contributed by atoms with Gasteiger partial charge in [0.25, 0.3) is 5.56 Å². The van der Waals surface area contributed by atoms with Crippen molar-refractivity contribution in [3.63, 3.8) is 0 Å². The van der Waals surface area contributed by atoms with Crippen molar-refractivity contribution in [2.45, 2.75) is 19.1 Å². The van der Waals surface area contributed by atoms with Gasteiger partial charge < -0.3 is 25.8 Å². The lowest BCUT2D eigenvalue weighted by Gasteiger charge is -2.20. The Labute approximate surface area is 104 Å². The number of anilines is 1. The Morgan fingerprint density at radius 1 is 1.56 bits per heavy atom. The van der Waals surface area contributed by atoms with E-state index in [1.54, 1.807) is 0 Å². The SMILES string of the molecule is CC(O)(CO)CNC(=O)Cn1cc(N)ccc1=O. The van der Waals surface area contributed by atoms with E-state index < -0.39 is 18.1 Å². The summed E-state index contributed by atoms with van der Waals surface area (Å²) in [6, 6.07) is 2.72. The number of aromatic nitrogens is 1. The topological polar surface area (TPSA) is 118 Å². The van der Waals surface area contributed by atoms with Crippen molar-refractivity contribution in [1.82, 2.24) is 9.88 Å². The third kappa shape index (κ3) is 4.19. The Balaban J connectivity index is 2.60. The molecule has 5 N–H and O–H groups in total. The molecule has 1 heterocycles. The largest absolute Gasteiger partial charge is 0.398 e. The lowest BCUT2D eigenvalue weighted by Crippen LogP contribution is -2.44. The number of nitrogens with one attached hydrogen (secondary N) is 1. The number of aliphatic hydroxyl groups excluding tert-OH is 1. The number of nitrogens with zero attached hydrogens (tertiary/aromatic N) is 1. The third-order valence-corrected chi connectivity index (χ3v) is 2.33. The number of carbonyl (C=O) groups is 1. The van der Waals surface area contributed by atoms with Crippen molar-refractivity contribution < 1.29 is 15.0 Å². The zero-order valence-electron chi connectivity index (χ0n) is 10.1. The molecule has 0 aliphatic carbocycles. The molecule has 1 aromatic heterocycles. The van der Waals surface area contributed by atoms with Crippen LogP contribution in [0, 0.1) is 0 Å². The van der Waals surface area contributed by atoms with E-state index in [0.717, 1.165) is 0 Å². The molecule has 1 atom stereocenters. The average molecular weight is 255 g/mol. The van der Waals surface area contributed by atoms with Gasteiger partial charge in [0.2, 0.25) is 5.91 Å². The normalized spacial score (nSPS) is 13.9. The van der Waals surface area contributed by atoms with Gasteiger partial charge in [0.05, 0.1) is 6.61 Å². The van der Waals surface area contributed by atoms with Crippen LogP contribution in [0.4, 0.5) is 5.69 Å². The van der Waals surface area contributed by atoms with Crippen molar-refractivity contribution in [1.29, 1.82) is 0 Å². The van der Waals surface area contributed by atoms with Crippen LogP contribution in [0.2, 0.25) is 0 Å². The highest BCUT2D eigenvalue weighted by Crippen LogP contribution is 1.99. The Morgan fingerprint density at radius 3 is 2.83 bits per heavy atom. The van der Waals surface area contributed by atoms with E-state index >= 15 is 0 Å². The summed E-state index contributed by atoms with van der Waals surface area (Å²) in [5, 5.41) is 20.7. The van der Waals surface area contributed by atoms with Gasteiger partial charge in [-0.25, -0.2) is 0 Å². The fraction of sp³-hybridized carbons (Fsp3) is 0.455. The summed E-state index contributed by atoms with van der Waals surface area (Å²) < 4.78 is 1.17. The molecule has 1 aromatic rings. The predicted molar refractivity (Wildman–Crippen MR) is 65.8 cm³/mol. The highest BCUT2D eigenvalue weighted by molar-refractivity contribution is 5.75. The molecule has 7 nitrogen and oxygen atoms in total. The van der Waals surface area contributed by atoms with E-state index in [4.69, 9.17) is 10.8 Å². The molecular formula is C11H17N3O4. The van der Waals surface area contributed by atoms with E-state index in [9.17, 15) is 14.7 Å². The van der Waals surface area contributed by atoms with Gasteiger partial charge in [-0.15, -0.1) is 0 Å². The van der Waals surface area contributed by atoms with Crippen molar-refractivity contribution in [2.24, 2.45) is 0 Å². The van der Waals surface area contributed by atoms with Crippen molar-refractivity contribution in [3.8, 4) is 0 Å².